The number of benzene rings is 1. The van der Waals surface area contributed by atoms with E-state index in [0.717, 1.165) is 6.04 Å². The van der Waals surface area contributed by atoms with Crippen molar-refractivity contribution in [1.82, 2.24) is 0 Å². The molecule has 1 aromatic rings. The number of hydrogen-bond acceptors (Lipinski definition) is 0. The Hall–Kier alpha value is -1.00. The van der Waals surface area contributed by atoms with Crippen LogP contribution in [0.4, 0.5) is 0 Å². The quantitative estimate of drug-likeness (QED) is 0.503. The summed E-state index contributed by atoms with van der Waals surface area (Å²) in [5, 5.41) is 1.51. The molecule has 0 spiro atoms. The van der Waals surface area contributed by atoms with Crippen LogP contribution in [0.2, 0.25) is 12.1 Å². The van der Waals surface area contributed by atoms with Crippen LogP contribution in [-0.4, -0.2) is 8.80 Å². The van der Waals surface area contributed by atoms with Crippen LogP contribution in [0.25, 0.3) is 0 Å². The average molecular weight is 188 g/mol. The molecule has 0 aliphatic rings. The Balaban J connectivity index is 2.80. The highest BCUT2D eigenvalue weighted by molar-refractivity contribution is 6.73. The minimum Gasteiger partial charge on any atom is -0.120 e. The van der Waals surface area contributed by atoms with Crippen LogP contribution in [0.5, 0.6) is 0 Å². The van der Waals surface area contributed by atoms with Crippen LogP contribution >= 0.6 is 0 Å². The van der Waals surface area contributed by atoms with E-state index in [-0.39, 0.29) is 0 Å². The molecule has 1 atom stereocenters. The maximum atomic E-state index is 5.36. The van der Waals surface area contributed by atoms with Crippen molar-refractivity contribution in [2.45, 2.75) is 25.9 Å². The zero-order valence-corrected chi connectivity index (χ0v) is 9.53. The van der Waals surface area contributed by atoms with E-state index in [1.807, 2.05) is 0 Å². The third-order valence-electron chi connectivity index (χ3n) is 2.41. The minimum absolute atomic E-state index is 0.828. The molecule has 0 amide bonds. The molecule has 0 N–H and O–H groups in total. The molecular formula is C12H16Si. The van der Waals surface area contributed by atoms with Gasteiger partial charge in [-0.25, -0.2) is 0 Å². The van der Waals surface area contributed by atoms with Crippen LogP contribution in [0.15, 0.2) is 24.3 Å². The van der Waals surface area contributed by atoms with Crippen LogP contribution in [0.3, 0.4) is 0 Å². The van der Waals surface area contributed by atoms with Gasteiger partial charge in [0.15, 0.2) is 0 Å². The van der Waals surface area contributed by atoms with Crippen LogP contribution < -0.4 is 5.19 Å². The van der Waals surface area contributed by atoms with Gasteiger partial charge in [-0.1, -0.05) is 48.0 Å². The Morgan fingerprint density at radius 3 is 2.38 bits per heavy atom. The lowest BCUT2D eigenvalue weighted by molar-refractivity contribution is 1.40. The van der Waals surface area contributed by atoms with Gasteiger partial charge in [0, 0.05) is 6.04 Å². The highest BCUT2D eigenvalue weighted by Gasteiger charge is 2.08. The number of aryl methyl sites for hydroxylation is 1. The van der Waals surface area contributed by atoms with Crippen molar-refractivity contribution < 1.29 is 0 Å². The molecule has 0 aromatic heterocycles. The van der Waals surface area contributed by atoms with Crippen molar-refractivity contribution in [3.63, 3.8) is 0 Å². The Kier molecular flexibility index (Phi) is 3.79. The minimum atomic E-state index is -0.828. The smallest absolute Gasteiger partial charge is 0.0829 e. The Morgan fingerprint density at radius 2 is 1.92 bits per heavy atom. The predicted octanol–water partition coefficient (Wildman–Crippen LogP) is 2.08. The average Bonchev–Trinajstić information content (AvgIpc) is 2.16. The molecule has 68 valence electrons. The van der Waals surface area contributed by atoms with E-state index >= 15 is 0 Å². The number of rotatable bonds is 3. The first kappa shape index (κ1) is 10.1. The Morgan fingerprint density at radius 1 is 1.31 bits per heavy atom. The monoisotopic (exact) mass is 188 g/mol. The maximum Gasteiger partial charge on any atom is 0.0829 e. The van der Waals surface area contributed by atoms with Crippen LogP contribution in [-0.2, 0) is 0 Å². The molecule has 1 unspecified atom stereocenters. The molecular weight excluding hydrogens is 172 g/mol. The number of terminal acetylenes is 1. The molecule has 13 heavy (non-hydrogen) atoms. The first-order valence-electron chi connectivity index (χ1n) is 4.78. The van der Waals surface area contributed by atoms with Gasteiger partial charge >= 0.3 is 0 Å². The second-order valence-electron chi connectivity index (χ2n) is 3.42. The third-order valence-corrected chi connectivity index (χ3v) is 5.45. The van der Waals surface area contributed by atoms with Gasteiger partial charge in [-0.05, 0) is 6.92 Å². The molecule has 0 aliphatic heterocycles. The summed E-state index contributed by atoms with van der Waals surface area (Å²) in [6, 6.07) is 11.1. The summed E-state index contributed by atoms with van der Waals surface area (Å²) in [5.41, 5.74) is 1.33. The first-order chi connectivity index (χ1) is 6.27. The number of hydrogen-bond donors (Lipinski definition) is 0. The van der Waals surface area contributed by atoms with E-state index in [4.69, 9.17) is 6.42 Å². The SMILES string of the molecule is C#CC[SiH](CC)c1ccc(C)cc1. The largest absolute Gasteiger partial charge is 0.120 e. The van der Waals surface area contributed by atoms with Gasteiger partial charge in [0.2, 0.25) is 0 Å². The standard InChI is InChI=1S/C12H16Si/c1-4-10-13(5-2)12-8-6-11(3)7-9-12/h1,6-9,13H,5,10H2,2-3H3. The van der Waals surface area contributed by atoms with Gasteiger partial charge < -0.3 is 0 Å². The lowest BCUT2D eigenvalue weighted by Crippen LogP contribution is -2.28. The van der Waals surface area contributed by atoms with E-state index in [9.17, 15) is 0 Å². The zero-order chi connectivity index (χ0) is 9.68. The summed E-state index contributed by atoms with van der Waals surface area (Å²) in [4.78, 5) is 0. The molecule has 0 nitrogen and oxygen atoms in total. The summed E-state index contributed by atoms with van der Waals surface area (Å²) in [7, 11) is -0.828. The molecule has 0 fully saturated rings. The van der Waals surface area contributed by atoms with Gasteiger partial charge in [-0.3, -0.25) is 0 Å². The Labute approximate surface area is 82.6 Å². The van der Waals surface area contributed by atoms with Crippen LogP contribution in [0.1, 0.15) is 12.5 Å². The fraction of sp³-hybridized carbons (Fsp3) is 0.333. The van der Waals surface area contributed by atoms with E-state index in [0.29, 0.717) is 0 Å². The van der Waals surface area contributed by atoms with Crippen molar-refractivity contribution >= 4 is 14.0 Å². The highest BCUT2D eigenvalue weighted by Crippen LogP contribution is 2.01. The van der Waals surface area contributed by atoms with Crippen LogP contribution in [0, 0.1) is 19.3 Å². The third kappa shape index (κ3) is 2.75. The van der Waals surface area contributed by atoms with Gasteiger partial charge in [0.05, 0.1) is 8.80 Å². The first-order valence-corrected chi connectivity index (χ1v) is 6.99. The lowest BCUT2D eigenvalue weighted by atomic mass is 10.2. The summed E-state index contributed by atoms with van der Waals surface area (Å²) < 4.78 is 0. The zero-order valence-electron chi connectivity index (χ0n) is 8.38. The fourth-order valence-corrected chi connectivity index (χ4v) is 3.50. The fourth-order valence-electron chi connectivity index (χ4n) is 1.48. The summed E-state index contributed by atoms with van der Waals surface area (Å²) >= 11 is 0. The van der Waals surface area contributed by atoms with E-state index in [1.165, 1.54) is 16.8 Å². The van der Waals surface area contributed by atoms with Crippen molar-refractivity contribution in [2.75, 3.05) is 0 Å². The van der Waals surface area contributed by atoms with E-state index < -0.39 is 8.80 Å². The lowest BCUT2D eigenvalue weighted by Gasteiger charge is -2.10. The van der Waals surface area contributed by atoms with Crippen molar-refractivity contribution in [3.05, 3.63) is 29.8 Å². The summed E-state index contributed by atoms with van der Waals surface area (Å²) in [6.45, 7) is 4.36. The predicted molar refractivity (Wildman–Crippen MR) is 62.1 cm³/mol. The maximum absolute atomic E-state index is 5.36. The molecule has 1 heteroatoms. The molecule has 1 aromatic carbocycles. The Bertz CT molecular complexity index is 292. The van der Waals surface area contributed by atoms with Gasteiger partial charge in [-0.15, -0.1) is 12.3 Å². The second kappa shape index (κ2) is 4.89. The molecule has 0 saturated heterocycles. The normalized spacial score (nSPS) is 12.1. The van der Waals surface area contributed by atoms with E-state index in [2.05, 4.69) is 44.0 Å². The molecule has 0 radical (unpaired) electrons. The molecule has 0 bridgehead atoms. The van der Waals surface area contributed by atoms with Crippen molar-refractivity contribution in [1.29, 1.82) is 0 Å². The molecule has 0 saturated carbocycles. The topological polar surface area (TPSA) is 0 Å². The van der Waals surface area contributed by atoms with Crippen molar-refractivity contribution in [2.24, 2.45) is 0 Å². The molecule has 0 aliphatic carbocycles. The highest BCUT2D eigenvalue weighted by atomic mass is 28.3. The van der Waals surface area contributed by atoms with E-state index in [1.54, 1.807) is 0 Å². The second-order valence-corrected chi connectivity index (χ2v) is 6.71. The molecule has 0 heterocycles. The van der Waals surface area contributed by atoms with Gasteiger partial charge in [-0.2, -0.15) is 0 Å². The molecule has 1 rings (SSSR count). The summed E-state index contributed by atoms with van der Waals surface area (Å²) in [5.74, 6) is 2.79. The summed E-state index contributed by atoms with van der Waals surface area (Å²) in [6.07, 6.45) is 5.36. The van der Waals surface area contributed by atoms with Gasteiger partial charge in [0.1, 0.15) is 0 Å². The van der Waals surface area contributed by atoms with Crippen molar-refractivity contribution in [3.8, 4) is 12.3 Å². The van der Waals surface area contributed by atoms with Gasteiger partial charge in [0.25, 0.3) is 0 Å².